The van der Waals surface area contributed by atoms with Crippen molar-refractivity contribution in [2.45, 2.75) is 26.7 Å². The molecule has 1 aliphatic rings. The Morgan fingerprint density at radius 1 is 1.18 bits per heavy atom. The van der Waals surface area contributed by atoms with Gasteiger partial charge in [-0.1, -0.05) is 42.8 Å². The summed E-state index contributed by atoms with van der Waals surface area (Å²) in [5, 5.41) is 3.45. The smallest absolute Gasteiger partial charge is 0.0302 e. The summed E-state index contributed by atoms with van der Waals surface area (Å²) in [5.74, 6) is 0. The SMILES string of the molecule is CCCNC1=CC[CH]C(c2ccc(C)cc2)=C1. The fourth-order valence-corrected chi connectivity index (χ4v) is 1.94. The lowest BCUT2D eigenvalue weighted by molar-refractivity contribution is 0.779. The van der Waals surface area contributed by atoms with Crippen LogP contribution >= 0.6 is 0 Å². The van der Waals surface area contributed by atoms with E-state index >= 15 is 0 Å². The van der Waals surface area contributed by atoms with Gasteiger partial charge in [0.15, 0.2) is 0 Å². The highest BCUT2D eigenvalue weighted by molar-refractivity contribution is 5.75. The van der Waals surface area contributed by atoms with Crippen molar-refractivity contribution in [1.82, 2.24) is 5.32 Å². The van der Waals surface area contributed by atoms with Crippen molar-refractivity contribution >= 4 is 5.57 Å². The van der Waals surface area contributed by atoms with Crippen LogP contribution in [0.4, 0.5) is 0 Å². The van der Waals surface area contributed by atoms with Crippen LogP contribution in [0.25, 0.3) is 5.57 Å². The van der Waals surface area contributed by atoms with Crippen LogP contribution in [0.2, 0.25) is 0 Å². The van der Waals surface area contributed by atoms with E-state index in [1.807, 2.05) is 0 Å². The number of hydrogen-bond acceptors (Lipinski definition) is 1. The lowest BCUT2D eigenvalue weighted by Crippen LogP contribution is -2.14. The van der Waals surface area contributed by atoms with E-state index in [1.54, 1.807) is 0 Å². The van der Waals surface area contributed by atoms with E-state index in [2.05, 4.69) is 62.0 Å². The summed E-state index contributed by atoms with van der Waals surface area (Å²) in [6.07, 6.45) is 8.94. The highest BCUT2D eigenvalue weighted by atomic mass is 14.9. The largest absolute Gasteiger partial charge is 0.385 e. The maximum atomic E-state index is 3.45. The molecule has 1 aromatic rings. The number of nitrogens with one attached hydrogen (secondary N) is 1. The maximum absolute atomic E-state index is 3.45. The van der Waals surface area contributed by atoms with Gasteiger partial charge >= 0.3 is 0 Å². The Bertz CT molecular complexity index is 423. The van der Waals surface area contributed by atoms with Gasteiger partial charge in [0.2, 0.25) is 0 Å². The second-order valence-corrected chi connectivity index (χ2v) is 4.49. The molecule has 1 aliphatic carbocycles. The third kappa shape index (κ3) is 3.23. The summed E-state index contributed by atoms with van der Waals surface area (Å²) >= 11 is 0. The predicted octanol–water partition coefficient (Wildman–Crippen LogP) is 3.87. The van der Waals surface area contributed by atoms with Crippen LogP contribution < -0.4 is 5.32 Å². The summed E-state index contributed by atoms with van der Waals surface area (Å²) in [7, 11) is 0. The summed E-state index contributed by atoms with van der Waals surface area (Å²) in [6, 6.07) is 8.73. The van der Waals surface area contributed by atoms with Crippen molar-refractivity contribution in [2.75, 3.05) is 6.54 Å². The van der Waals surface area contributed by atoms with Crippen LogP contribution in [0, 0.1) is 13.3 Å². The molecular weight excluding hydrogens is 206 g/mol. The van der Waals surface area contributed by atoms with Crippen LogP contribution in [0.1, 0.15) is 30.9 Å². The van der Waals surface area contributed by atoms with Crippen LogP contribution in [-0.2, 0) is 0 Å². The Morgan fingerprint density at radius 2 is 1.94 bits per heavy atom. The third-order valence-electron chi connectivity index (χ3n) is 2.95. The van der Waals surface area contributed by atoms with E-state index in [0.717, 1.165) is 19.4 Å². The van der Waals surface area contributed by atoms with Crippen molar-refractivity contribution in [3.05, 3.63) is 59.7 Å². The average Bonchev–Trinajstić information content (AvgIpc) is 2.37. The first kappa shape index (κ1) is 12.0. The highest BCUT2D eigenvalue weighted by Gasteiger charge is 2.07. The standard InChI is InChI=1S/C16H20N/c1-3-11-17-16-6-4-5-15(12-16)14-9-7-13(2)8-10-14/h5-10,12,17H,3-4,11H2,1-2H3. The Hall–Kier alpha value is -1.50. The first-order valence-corrected chi connectivity index (χ1v) is 6.35. The molecule has 0 fully saturated rings. The lowest BCUT2D eigenvalue weighted by atomic mass is 9.95. The minimum Gasteiger partial charge on any atom is -0.385 e. The number of hydrogen-bond donors (Lipinski definition) is 1. The Balaban J connectivity index is 2.13. The first-order valence-electron chi connectivity index (χ1n) is 6.35. The van der Waals surface area contributed by atoms with Gasteiger partial charge in [0.25, 0.3) is 0 Å². The molecule has 1 radical (unpaired) electrons. The molecule has 0 saturated heterocycles. The van der Waals surface area contributed by atoms with Crippen molar-refractivity contribution in [3.8, 4) is 0 Å². The van der Waals surface area contributed by atoms with Crippen LogP contribution in [0.15, 0.2) is 42.1 Å². The molecule has 0 bridgehead atoms. The molecule has 0 unspecified atom stereocenters. The quantitative estimate of drug-likeness (QED) is 0.821. The van der Waals surface area contributed by atoms with Gasteiger partial charge < -0.3 is 5.32 Å². The monoisotopic (exact) mass is 226 g/mol. The Kier molecular flexibility index (Phi) is 4.03. The molecule has 1 nitrogen and oxygen atoms in total. The molecular formula is C16H20N. The third-order valence-corrected chi connectivity index (χ3v) is 2.95. The van der Waals surface area contributed by atoms with Gasteiger partial charge in [0.05, 0.1) is 0 Å². The number of benzene rings is 1. The number of allylic oxidation sites excluding steroid dienone is 3. The molecule has 0 saturated carbocycles. The minimum absolute atomic E-state index is 1.02. The van der Waals surface area contributed by atoms with E-state index < -0.39 is 0 Å². The van der Waals surface area contributed by atoms with E-state index in [9.17, 15) is 0 Å². The van der Waals surface area contributed by atoms with E-state index in [0.29, 0.717) is 0 Å². The number of aryl methyl sites for hydroxylation is 1. The molecule has 17 heavy (non-hydrogen) atoms. The fourth-order valence-electron chi connectivity index (χ4n) is 1.94. The molecule has 0 heterocycles. The molecule has 1 N–H and O–H groups in total. The molecule has 1 heteroatoms. The zero-order chi connectivity index (χ0) is 12.1. The molecule has 89 valence electrons. The van der Waals surface area contributed by atoms with Gasteiger partial charge in [-0.2, -0.15) is 0 Å². The molecule has 0 aromatic heterocycles. The second kappa shape index (κ2) is 5.72. The van der Waals surface area contributed by atoms with E-state index in [-0.39, 0.29) is 0 Å². The zero-order valence-electron chi connectivity index (χ0n) is 10.7. The minimum atomic E-state index is 1.02. The molecule has 0 spiro atoms. The fraction of sp³-hybridized carbons (Fsp3) is 0.312. The lowest BCUT2D eigenvalue weighted by Gasteiger charge is -2.15. The van der Waals surface area contributed by atoms with Gasteiger partial charge in [-0.25, -0.2) is 0 Å². The Labute approximate surface area is 104 Å². The molecule has 0 amide bonds. The van der Waals surface area contributed by atoms with Gasteiger partial charge in [-0.05, 0) is 43.4 Å². The van der Waals surface area contributed by atoms with Crippen LogP contribution in [-0.4, -0.2) is 6.54 Å². The summed E-state index contributed by atoms with van der Waals surface area (Å²) < 4.78 is 0. The van der Waals surface area contributed by atoms with Crippen molar-refractivity contribution in [3.63, 3.8) is 0 Å². The van der Waals surface area contributed by atoms with Gasteiger partial charge in [-0.3, -0.25) is 0 Å². The van der Waals surface area contributed by atoms with Crippen molar-refractivity contribution in [2.24, 2.45) is 0 Å². The van der Waals surface area contributed by atoms with Crippen molar-refractivity contribution < 1.29 is 0 Å². The average molecular weight is 226 g/mol. The Morgan fingerprint density at radius 3 is 2.65 bits per heavy atom. The van der Waals surface area contributed by atoms with Gasteiger partial charge in [0, 0.05) is 12.2 Å². The summed E-state index contributed by atoms with van der Waals surface area (Å²) in [4.78, 5) is 0. The summed E-state index contributed by atoms with van der Waals surface area (Å²) in [5.41, 5.74) is 5.19. The second-order valence-electron chi connectivity index (χ2n) is 4.49. The predicted molar refractivity (Wildman–Crippen MR) is 74.4 cm³/mol. The van der Waals surface area contributed by atoms with E-state index in [4.69, 9.17) is 0 Å². The van der Waals surface area contributed by atoms with Gasteiger partial charge in [0.1, 0.15) is 0 Å². The topological polar surface area (TPSA) is 12.0 Å². The normalized spacial score (nSPS) is 15.2. The number of rotatable bonds is 4. The molecule has 1 aromatic carbocycles. The summed E-state index contributed by atoms with van der Waals surface area (Å²) in [6.45, 7) is 5.35. The zero-order valence-corrected chi connectivity index (χ0v) is 10.7. The maximum Gasteiger partial charge on any atom is 0.0302 e. The van der Waals surface area contributed by atoms with Gasteiger partial charge in [-0.15, -0.1) is 0 Å². The van der Waals surface area contributed by atoms with Crippen molar-refractivity contribution in [1.29, 1.82) is 0 Å². The van der Waals surface area contributed by atoms with E-state index in [1.165, 1.54) is 22.4 Å². The molecule has 0 atom stereocenters. The van der Waals surface area contributed by atoms with Crippen LogP contribution in [0.3, 0.4) is 0 Å². The molecule has 2 rings (SSSR count). The van der Waals surface area contributed by atoms with Crippen LogP contribution in [0.5, 0.6) is 0 Å². The first-order chi connectivity index (χ1) is 8.29. The molecule has 0 aliphatic heterocycles. The highest BCUT2D eigenvalue weighted by Crippen LogP contribution is 2.24.